The first-order valence-corrected chi connectivity index (χ1v) is 6.46. The van der Waals surface area contributed by atoms with E-state index in [4.69, 9.17) is 16.3 Å². The van der Waals surface area contributed by atoms with Gasteiger partial charge in [0.05, 0.1) is 7.11 Å². The van der Waals surface area contributed by atoms with Gasteiger partial charge in [-0.15, -0.1) is 0 Å². The van der Waals surface area contributed by atoms with Crippen LogP contribution in [-0.4, -0.2) is 25.0 Å². The zero-order valence-electron chi connectivity index (χ0n) is 11.3. The molecule has 1 aromatic rings. The van der Waals surface area contributed by atoms with E-state index in [0.29, 0.717) is 17.0 Å². The molecular weight excluding hydrogens is 266 g/mol. The van der Waals surface area contributed by atoms with Gasteiger partial charge in [-0.2, -0.15) is 0 Å². The van der Waals surface area contributed by atoms with Gasteiger partial charge < -0.3 is 10.1 Å². The summed E-state index contributed by atoms with van der Waals surface area (Å²) < 4.78 is 4.69. The molecule has 5 heteroatoms. The predicted octanol–water partition coefficient (Wildman–Crippen LogP) is 2.66. The number of benzene rings is 1. The van der Waals surface area contributed by atoms with Gasteiger partial charge in [-0.3, -0.25) is 4.79 Å². The number of carbonyl (C=O) groups is 2. The highest BCUT2D eigenvalue weighted by molar-refractivity contribution is 6.30. The van der Waals surface area contributed by atoms with E-state index in [1.54, 1.807) is 24.3 Å². The molecule has 0 fully saturated rings. The lowest BCUT2D eigenvalue weighted by molar-refractivity contribution is -0.143. The first kappa shape index (κ1) is 15.5. The minimum Gasteiger partial charge on any atom is -0.467 e. The molecule has 1 rings (SSSR count). The number of hydrogen-bond acceptors (Lipinski definition) is 3. The van der Waals surface area contributed by atoms with Crippen LogP contribution >= 0.6 is 11.6 Å². The molecule has 0 aromatic heterocycles. The van der Waals surface area contributed by atoms with Crippen LogP contribution in [0.1, 0.15) is 30.6 Å². The second kappa shape index (κ2) is 7.14. The van der Waals surface area contributed by atoms with E-state index in [2.05, 4.69) is 5.32 Å². The Bertz CT molecular complexity index is 460. The Morgan fingerprint density at radius 3 is 2.58 bits per heavy atom. The van der Waals surface area contributed by atoms with Crippen LogP contribution in [0.3, 0.4) is 0 Å². The van der Waals surface area contributed by atoms with Crippen molar-refractivity contribution in [3.05, 3.63) is 34.9 Å². The Morgan fingerprint density at radius 1 is 1.37 bits per heavy atom. The maximum Gasteiger partial charge on any atom is 0.328 e. The Hall–Kier alpha value is -1.55. The average molecular weight is 284 g/mol. The third-order valence-electron chi connectivity index (χ3n) is 2.58. The number of methoxy groups -OCH3 is 1. The fourth-order valence-electron chi connectivity index (χ4n) is 1.70. The average Bonchev–Trinajstić information content (AvgIpc) is 2.36. The van der Waals surface area contributed by atoms with Gasteiger partial charge in [-0.1, -0.05) is 31.5 Å². The van der Waals surface area contributed by atoms with Crippen molar-refractivity contribution in [2.45, 2.75) is 26.3 Å². The molecule has 1 N–H and O–H groups in total. The maximum absolute atomic E-state index is 12.0. The summed E-state index contributed by atoms with van der Waals surface area (Å²) in [6.07, 6.45) is 0.527. The Morgan fingerprint density at radius 2 is 2.05 bits per heavy atom. The number of amides is 1. The maximum atomic E-state index is 12.0. The van der Waals surface area contributed by atoms with Crippen LogP contribution in [0.25, 0.3) is 0 Å². The van der Waals surface area contributed by atoms with E-state index in [-0.39, 0.29) is 11.8 Å². The number of nitrogens with one attached hydrogen (secondary N) is 1. The lowest BCUT2D eigenvalue weighted by Gasteiger charge is -2.18. The number of rotatable bonds is 5. The Balaban J connectivity index is 2.78. The summed E-state index contributed by atoms with van der Waals surface area (Å²) >= 11 is 5.83. The van der Waals surface area contributed by atoms with E-state index in [1.807, 2.05) is 13.8 Å². The Kier molecular flexibility index (Phi) is 5.83. The number of carbonyl (C=O) groups excluding carboxylic acids is 2. The van der Waals surface area contributed by atoms with Crippen LogP contribution in [0.4, 0.5) is 0 Å². The molecule has 0 aliphatic carbocycles. The molecule has 1 atom stereocenters. The number of esters is 1. The fourth-order valence-corrected chi connectivity index (χ4v) is 1.89. The summed E-state index contributed by atoms with van der Waals surface area (Å²) in [5, 5.41) is 3.15. The number of hydrogen-bond donors (Lipinski definition) is 1. The molecular formula is C14H18ClNO3. The molecule has 0 aliphatic rings. The van der Waals surface area contributed by atoms with Gasteiger partial charge in [-0.05, 0) is 30.5 Å². The van der Waals surface area contributed by atoms with Gasteiger partial charge in [0.15, 0.2) is 0 Å². The zero-order chi connectivity index (χ0) is 14.4. The second-order valence-corrected chi connectivity index (χ2v) is 5.13. The normalized spacial score (nSPS) is 12.1. The van der Waals surface area contributed by atoms with E-state index in [9.17, 15) is 9.59 Å². The van der Waals surface area contributed by atoms with Gasteiger partial charge >= 0.3 is 5.97 Å². The van der Waals surface area contributed by atoms with Gasteiger partial charge in [0.25, 0.3) is 5.91 Å². The van der Waals surface area contributed by atoms with Crippen molar-refractivity contribution in [2.24, 2.45) is 5.92 Å². The van der Waals surface area contributed by atoms with Crippen molar-refractivity contribution < 1.29 is 14.3 Å². The molecule has 4 nitrogen and oxygen atoms in total. The van der Waals surface area contributed by atoms with Crippen LogP contribution in [0.5, 0.6) is 0 Å². The molecule has 0 saturated carbocycles. The highest BCUT2D eigenvalue weighted by Gasteiger charge is 2.23. The standard InChI is InChI=1S/C14H18ClNO3/c1-9(2)7-12(14(18)19-3)16-13(17)10-5-4-6-11(15)8-10/h4-6,8-9,12H,7H2,1-3H3,(H,16,17). The summed E-state index contributed by atoms with van der Waals surface area (Å²) in [5.41, 5.74) is 0.421. The minimum atomic E-state index is -0.642. The lowest BCUT2D eigenvalue weighted by Crippen LogP contribution is -2.42. The largest absolute Gasteiger partial charge is 0.467 e. The first-order chi connectivity index (χ1) is 8.93. The predicted molar refractivity (Wildman–Crippen MR) is 74.2 cm³/mol. The molecule has 0 saturated heterocycles. The van der Waals surface area contributed by atoms with Crippen LogP contribution in [-0.2, 0) is 9.53 Å². The number of ether oxygens (including phenoxy) is 1. The summed E-state index contributed by atoms with van der Waals surface area (Å²) in [4.78, 5) is 23.6. The third-order valence-corrected chi connectivity index (χ3v) is 2.82. The highest BCUT2D eigenvalue weighted by Crippen LogP contribution is 2.12. The van der Waals surface area contributed by atoms with Gasteiger partial charge in [0.1, 0.15) is 6.04 Å². The highest BCUT2D eigenvalue weighted by atomic mass is 35.5. The van der Waals surface area contributed by atoms with Crippen LogP contribution in [0, 0.1) is 5.92 Å². The van der Waals surface area contributed by atoms with Crippen molar-refractivity contribution in [3.8, 4) is 0 Å². The summed E-state index contributed by atoms with van der Waals surface area (Å²) in [7, 11) is 1.31. The van der Waals surface area contributed by atoms with Crippen molar-refractivity contribution in [1.82, 2.24) is 5.32 Å². The van der Waals surface area contributed by atoms with E-state index in [1.165, 1.54) is 7.11 Å². The van der Waals surface area contributed by atoms with Crippen molar-refractivity contribution in [3.63, 3.8) is 0 Å². The van der Waals surface area contributed by atoms with Crippen LogP contribution < -0.4 is 5.32 Å². The molecule has 0 bridgehead atoms. The van der Waals surface area contributed by atoms with Crippen LogP contribution in [0.2, 0.25) is 5.02 Å². The minimum absolute atomic E-state index is 0.267. The summed E-state index contributed by atoms with van der Waals surface area (Å²) in [6, 6.07) is 5.93. The number of halogens is 1. The van der Waals surface area contributed by atoms with Gasteiger partial charge in [-0.25, -0.2) is 4.79 Å². The first-order valence-electron chi connectivity index (χ1n) is 6.08. The summed E-state index contributed by atoms with van der Waals surface area (Å²) in [5.74, 6) is -0.508. The molecule has 0 aliphatic heterocycles. The molecule has 1 unspecified atom stereocenters. The molecule has 1 aromatic carbocycles. The fraction of sp³-hybridized carbons (Fsp3) is 0.429. The van der Waals surface area contributed by atoms with E-state index < -0.39 is 12.0 Å². The SMILES string of the molecule is COC(=O)C(CC(C)C)NC(=O)c1cccc(Cl)c1. The third kappa shape index (κ3) is 4.91. The van der Waals surface area contributed by atoms with E-state index >= 15 is 0 Å². The monoisotopic (exact) mass is 283 g/mol. The molecule has 104 valence electrons. The Labute approximate surface area is 118 Å². The zero-order valence-corrected chi connectivity index (χ0v) is 12.0. The summed E-state index contributed by atoms with van der Waals surface area (Å²) in [6.45, 7) is 3.95. The molecule has 0 spiro atoms. The quantitative estimate of drug-likeness (QED) is 0.845. The van der Waals surface area contributed by atoms with Crippen molar-refractivity contribution in [1.29, 1.82) is 0 Å². The molecule has 0 heterocycles. The molecule has 19 heavy (non-hydrogen) atoms. The molecule has 0 radical (unpaired) electrons. The molecule has 1 amide bonds. The van der Waals surface area contributed by atoms with Gasteiger partial charge in [0, 0.05) is 10.6 Å². The topological polar surface area (TPSA) is 55.4 Å². The van der Waals surface area contributed by atoms with Crippen LogP contribution in [0.15, 0.2) is 24.3 Å². The smallest absolute Gasteiger partial charge is 0.328 e. The lowest BCUT2D eigenvalue weighted by atomic mass is 10.0. The van der Waals surface area contributed by atoms with Crippen molar-refractivity contribution in [2.75, 3.05) is 7.11 Å². The van der Waals surface area contributed by atoms with Gasteiger partial charge in [0.2, 0.25) is 0 Å². The second-order valence-electron chi connectivity index (χ2n) is 4.69. The van der Waals surface area contributed by atoms with Crippen molar-refractivity contribution >= 4 is 23.5 Å². The van der Waals surface area contributed by atoms with E-state index in [0.717, 1.165) is 0 Å².